The largest absolute Gasteiger partial charge is 0.339 e. The molecule has 102 valence electrons. The Kier molecular flexibility index (Phi) is 5.06. The van der Waals surface area contributed by atoms with Crippen LogP contribution in [0.25, 0.3) is 0 Å². The van der Waals surface area contributed by atoms with Gasteiger partial charge in [-0.05, 0) is 44.4 Å². The standard InChI is InChI=1S/C13H23N3OS/c1-10(2)13-14-12(15-17-13)11-6-4-7-16(11)8-5-9-18-3/h10-11H,4-9H2,1-3H3/t11-/m0/s1. The molecule has 4 nitrogen and oxygen atoms in total. The minimum atomic E-state index is 0.317. The Morgan fingerprint density at radius 1 is 1.50 bits per heavy atom. The summed E-state index contributed by atoms with van der Waals surface area (Å²) in [6.07, 6.45) is 5.81. The number of aromatic nitrogens is 2. The molecule has 0 unspecified atom stereocenters. The predicted molar refractivity (Wildman–Crippen MR) is 74.9 cm³/mol. The quantitative estimate of drug-likeness (QED) is 0.742. The minimum absolute atomic E-state index is 0.317. The van der Waals surface area contributed by atoms with Gasteiger partial charge >= 0.3 is 0 Å². The third-order valence-electron chi connectivity index (χ3n) is 3.41. The summed E-state index contributed by atoms with van der Waals surface area (Å²) in [4.78, 5) is 7.05. The van der Waals surface area contributed by atoms with Gasteiger partial charge in [-0.25, -0.2) is 0 Å². The van der Waals surface area contributed by atoms with Gasteiger partial charge in [-0.2, -0.15) is 16.7 Å². The lowest BCUT2D eigenvalue weighted by atomic mass is 10.2. The van der Waals surface area contributed by atoms with Crippen molar-refractivity contribution in [2.45, 2.75) is 45.1 Å². The van der Waals surface area contributed by atoms with Crippen molar-refractivity contribution in [2.24, 2.45) is 0 Å². The van der Waals surface area contributed by atoms with Crippen LogP contribution < -0.4 is 0 Å². The molecular weight excluding hydrogens is 246 g/mol. The normalized spacial score (nSPS) is 21.0. The molecule has 1 aromatic heterocycles. The van der Waals surface area contributed by atoms with Crippen LogP contribution in [0, 0.1) is 0 Å². The smallest absolute Gasteiger partial charge is 0.229 e. The number of likely N-dealkylation sites (tertiary alicyclic amines) is 1. The van der Waals surface area contributed by atoms with Crippen LogP contribution in [0.4, 0.5) is 0 Å². The first-order valence-corrected chi connectivity index (χ1v) is 8.18. The Labute approximate surface area is 114 Å². The lowest BCUT2D eigenvalue weighted by Gasteiger charge is -2.21. The van der Waals surface area contributed by atoms with Crippen LogP contribution in [0.15, 0.2) is 4.52 Å². The monoisotopic (exact) mass is 269 g/mol. The van der Waals surface area contributed by atoms with E-state index in [-0.39, 0.29) is 0 Å². The molecule has 1 atom stereocenters. The average Bonchev–Trinajstić information content (AvgIpc) is 2.96. The third kappa shape index (κ3) is 3.26. The van der Waals surface area contributed by atoms with Crippen LogP contribution in [-0.2, 0) is 0 Å². The lowest BCUT2D eigenvalue weighted by Crippen LogP contribution is -2.25. The fourth-order valence-corrected chi connectivity index (χ4v) is 2.83. The zero-order valence-corrected chi connectivity index (χ0v) is 12.4. The van der Waals surface area contributed by atoms with Gasteiger partial charge in [0.2, 0.25) is 5.89 Å². The Hall–Kier alpha value is -0.550. The maximum atomic E-state index is 5.32. The summed E-state index contributed by atoms with van der Waals surface area (Å²) in [7, 11) is 0. The van der Waals surface area contributed by atoms with Gasteiger partial charge in [-0.3, -0.25) is 4.90 Å². The average molecular weight is 269 g/mol. The van der Waals surface area contributed by atoms with Crippen molar-refractivity contribution in [1.82, 2.24) is 15.0 Å². The molecule has 0 amide bonds. The van der Waals surface area contributed by atoms with E-state index >= 15 is 0 Å². The van der Waals surface area contributed by atoms with Crippen LogP contribution >= 0.6 is 11.8 Å². The van der Waals surface area contributed by atoms with Crippen molar-refractivity contribution in [1.29, 1.82) is 0 Å². The Balaban J connectivity index is 1.97. The molecule has 2 rings (SSSR count). The van der Waals surface area contributed by atoms with Crippen LogP contribution in [0.3, 0.4) is 0 Å². The van der Waals surface area contributed by atoms with Crippen LogP contribution in [0.2, 0.25) is 0 Å². The summed E-state index contributed by atoms with van der Waals surface area (Å²) >= 11 is 1.91. The Morgan fingerprint density at radius 2 is 2.33 bits per heavy atom. The van der Waals surface area contributed by atoms with Gasteiger partial charge in [0.25, 0.3) is 0 Å². The van der Waals surface area contributed by atoms with Gasteiger partial charge in [0.1, 0.15) is 0 Å². The van der Waals surface area contributed by atoms with E-state index in [1.54, 1.807) is 0 Å². The summed E-state index contributed by atoms with van der Waals surface area (Å²) in [5.41, 5.74) is 0. The first kappa shape index (κ1) is 13.9. The van der Waals surface area contributed by atoms with Crippen molar-refractivity contribution < 1.29 is 4.52 Å². The molecule has 0 saturated carbocycles. The van der Waals surface area contributed by atoms with Gasteiger partial charge in [0.05, 0.1) is 6.04 Å². The molecule has 0 radical (unpaired) electrons. The number of hydrogen-bond acceptors (Lipinski definition) is 5. The highest BCUT2D eigenvalue weighted by atomic mass is 32.2. The van der Waals surface area contributed by atoms with Gasteiger partial charge in [-0.15, -0.1) is 0 Å². The molecule has 1 fully saturated rings. The first-order valence-electron chi connectivity index (χ1n) is 6.79. The van der Waals surface area contributed by atoms with E-state index in [4.69, 9.17) is 4.52 Å². The molecule has 0 spiro atoms. The van der Waals surface area contributed by atoms with E-state index in [0.29, 0.717) is 12.0 Å². The minimum Gasteiger partial charge on any atom is -0.339 e. The summed E-state index contributed by atoms with van der Waals surface area (Å²) in [5, 5.41) is 4.16. The van der Waals surface area contributed by atoms with Gasteiger partial charge in [0, 0.05) is 5.92 Å². The third-order valence-corrected chi connectivity index (χ3v) is 4.10. The zero-order chi connectivity index (χ0) is 13.0. The number of thioether (sulfide) groups is 1. The summed E-state index contributed by atoms with van der Waals surface area (Å²) in [5.74, 6) is 3.20. The number of nitrogens with zero attached hydrogens (tertiary/aromatic N) is 3. The molecule has 1 saturated heterocycles. The van der Waals surface area contributed by atoms with Crippen molar-refractivity contribution in [3.05, 3.63) is 11.7 Å². The Morgan fingerprint density at radius 3 is 3.00 bits per heavy atom. The molecule has 1 aromatic rings. The van der Waals surface area contributed by atoms with E-state index in [1.165, 1.54) is 25.1 Å². The molecule has 18 heavy (non-hydrogen) atoms. The number of rotatable bonds is 6. The van der Waals surface area contributed by atoms with Gasteiger partial charge < -0.3 is 4.52 Å². The molecule has 0 aromatic carbocycles. The van der Waals surface area contributed by atoms with Crippen LogP contribution in [-0.4, -0.2) is 40.1 Å². The maximum Gasteiger partial charge on any atom is 0.229 e. The van der Waals surface area contributed by atoms with E-state index in [2.05, 4.69) is 35.1 Å². The van der Waals surface area contributed by atoms with Crippen molar-refractivity contribution in [3.8, 4) is 0 Å². The molecule has 0 aliphatic carbocycles. The molecule has 2 heterocycles. The summed E-state index contributed by atoms with van der Waals surface area (Å²) < 4.78 is 5.32. The van der Waals surface area contributed by atoms with Gasteiger partial charge in [0.15, 0.2) is 5.82 Å². The van der Waals surface area contributed by atoms with E-state index in [1.807, 2.05) is 11.8 Å². The maximum absolute atomic E-state index is 5.32. The van der Waals surface area contributed by atoms with Crippen LogP contribution in [0.5, 0.6) is 0 Å². The molecule has 1 aliphatic heterocycles. The highest BCUT2D eigenvalue weighted by Crippen LogP contribution is 2.30. The fourth-order valence-electron chi connectivity index (χ4n) is 2.42. The lowest BCUT2D eigenvalue weighted by molar-refractivity contribution is 0.243. The summed E-state index contributed by atoms with van der Waals surface area (Å²) in [6.45, 7) is 6.49. The molecule has 0 N–H and O–H groups in total. The highest BCUT2D eigenvalue weighted by Gasteiger charge is 2.29. The van der Waals surface area contributed by atoms with Crippen molar-refractivity contribution in [2.75, 3.05) is 25.1 Å². The van der Waals surface area contributed by atoms with E-state index in [9.17, 15) is 0 Å². The van der Waals surface area contributed by atoms with E-state index < -0.39 is 0 Å². The topological polar surface area (TPSA) is 42.2 Å². The zero-order valence-electron chi connectivity index (χ0n) is 11.6. The second kappa shape index (κ2) is 6.57. The highest BCUT2D eigenvalue weighted by molar-refractivity contribution is 7.98. The second-order valence-corrected chi connectivity index (χ2v) is 6.17. The van der Waals surface area contributed by atoms with Crippen molar-refractivity contribution >= 4 is 11.8 Å². The second-order valence-electron chi connectivity index (χ2n) is 5.19. The fraction of sp³-hybridized carbons (Fsp3) is 0.846. The number of hydrogen-bond donors (Lipinski definition) is 0. The SMILES string of the molecule is CSCCCN1CCC[C@H]1c1noc(C(C)C)n1. The molecule has 5 heteroatoms. The molecule has 1 aliphatic rings. The first-order chi connectivity index (χ1) is 8.72. The van der Waals surface area contributed by atoms with Crippen LogP contribution in [0.1, 0.15) is 56.8 Å². The van der Waals surface area contributed by atoms with Crippen molar-refractivity contribution in [3.63, 3.8) is 0 Å². The molecule has 0 bridgehead atoms. The Bertz CT molecular complexity index is 367. The predicted octanol–water partition coefficient (Wildman–Crippen LogP) is 3.08. The summed E-state index contributed by atoms with van der Waals surface area (Å²) in [6, 6.07) is 0.378. The van der Waals surface area contributed by atoms with Gasteiger partial charge in [-0.1, -0.05) is 19.0 Å². The van der Waals surface area contributed by atoms with E-state index in [0.717, 1.165) is 24.7 Å². The molecular formula is C13H23N3OS.